The van der Waals surface area contributed by atoms with Crippen LogP contribution >= 0.6 is 0 Å². The molecular formula is C15H20N4O2. The maximum absolute atomic E-state index is 12.3. The molecule has 0 aromatic carbocycles. The van der Waals surface area contributed by atoms with Crippen LogP contribution < -0.4 is 0 Å². The average Bonchev–Trinajstić information content (AvgIpc) is 2.87. The molecule has 3 rings (SSSR count). The van der Waals surface area contributed by atoms with E-state index < -0.39 is 0 Å². The first-order valence-corrected chi connectivity index (χ1v) is 7.24. The predicted octanol–water partition coefficient (Wildman–Crippen LogP) is 1.50. The van der Waals surface area contributed by atoms with Crippen LogP contribution in [0.15, 0.2) is 24.4 Å². The zero-order valence-corrected chi connectivity index (χ0v) is 12.4. The molecule has 0 radical (unpaired) electrons. The molecule has 2 aromatic heterocycles. The van der Waals surface area contributed by atoms with E-state index in [-0.39, 0.29) is 12.0 Å². The van der Waals surface area contributed by atoms with Crippen LogP contribution in [0.3, 0.4) is 0 Å². The molecule has 0 N–H and O–H groups in total. The number of rotatable bonds is 5. The molecule has 0 saturated heterocycles. The Morgan fingerprint density at radius 1 is 1.43 bits per heavy atom. The molecule has 1 fully saturated rings. The molecule has 112 valence electrons. The number of aromatic nitrogens is 3. The highest BCUT2D eigenvalue weighted by Crippen LogP contribution is 2.32. The monoisotopic (exact) mass is 288 g/mol. The van der Waals surface area contributed by atoms with Crippen molar-refractivity contribution in [3.63, 3.8) is 0 Å². The fourth-order valence-electron chi connectivity index (χ4n) is 2.76. The first kappa shape index (κ1) is 14.0. The van der Waals surface area contributed by atoms with Gasteiger partial charge in [0.15, 0.2) is 11.5 Å². The molecule has 2 aromatic rings. The Morgan fingerprint density at radius 2 is 2.29 bits per heavy atom. The van der Waals surface area contributed by atoms with Crippen LogP contribution in [0.4, 0.5) is 0 Å². The van der Waals surface area contributed by atoms with Gasteiger partial charge in [-0.15, -0.1) is 10.2 Å². The van der Waals surface area contributed by atoms with Gasteiger partial charge in [-0.3, -0.25) is 9.20 Å². The lowest BCUT2D eigenvalue weighted by molar-refractivity contribution is -0.134. The third-order valence-electron chi connectivity index (χ3n) is 4.28. The van der Waals surface area contributed by atoms with Gasteiger partial charge in [-0.05, 0) is 30.9 Å². The number of nitrogens with zero attached hydrogens (tertiary/aromatic N) is 4. The van der Waals surface area contributed by atoms with Crippen LogP contribution in [-0.2, 0) is 16.1 Å². The highest BCUT2D eigenvalue weighted by atomic mass is 16.5. The minimum absolute atomic E-state index is 0.134. The third kappa shape index (κ3) is 2.76. The van der Waals surface area contributed by atoms with Crippen molar-refractivity contribution < 1.29 is 9.53 Å². The molecular weight excluding hydrogens is 268 g/mol. The van der Waals surface area contributed by atoms with Gasteiger partial charge in [0.1, 0.15) is 0 Å². The van der Waals surface area contributed by atoms with Gasteiger partial charge in [0, 0.05) is 26.8 Å². The van der Waals surface area contributed by atoms with Crippen LogP contribution in [0.1, 0.15) is 25.1 Å². The van der Waals surface area contributed by atoms with Gasteiger partial charge >= 0.3 is 0 Å². The highest BCUT2D eigenvalue weighted by Gasteiger charge is 2.33. The largest absolute Gasteiger partial charge is 0.381 e. The van der Waals surface area contributed by atoms with Crippen molar-refractivity contribution >= 4 is 11.6 Å². The van der Waals surface area contributed by atoms with Crippen molar-refractivity contribution in [1.82, 2.24) is 19.5 Å². The Morgan fingerprint density at radius 3 is 3.00 bits per heavy atom. The topological polar surface area (TPSA) is 59.7 Å². The van der Waals surface area contributed by atoms with Gasteiger partial charge in [-0.1, -0.05) is 6.07 Å². The van der Waals surface area contributed by atoms with Crippen LogP contribution in [-0.4, -0.2) is 45.7 Å². The van der Waals surface area contributed by atoms with Gasteiger partial charge < -0.3 is 9.64 Å². The summed E-state index contributed by atoms with van der Waals surface area (Å²) < 4.78 is 7.25. The summed E-state index contributed by atoms with van der Waals surface area (Å²) >= 11 is 0. The van der Waals surface area contributed by atoms with E-state index in [0.29, 0.717) is 18.9 Å². The van der Waals surface area contributed by atoms with Crippen LogP contribution in [0, 0.1) is 5.92 Å². The Labute approximate surface area is 123 Å². The molecule has 2 unspecified atom stereocenters. The predicted molar refractivity (Wildman–Crippen MR) is 77.6 cm³/mol. The van der Waals surface area contributed by atoms with Crippen LogP contribution in [0.25, 0.3) is 5.65 Å². The quantitative estimate of drug-likeness (QED) is 0.836. The fourth-order valence-corrected chi connectivity index (χ4v) is 2.76. The summed E-state index contributed by atoms with van der Waals surface area (Å²) in [6.07, 6.45) is 4.84. The van der Waals surface area contributed by atoms with Gasteiger partial charge in [0.25, 0.3) is 0 Å². The van der Waals surface area contributed by atoms with Crippen molar-refractivity contribution in [2.75, 3.05) is 14.2 Å². The molecule has 2 heterocycles. The highest BCUT2D eigenvalue weighted by molar-refractivity contribution is 5.76. The number of pyridine rings is 1. The minimum Gasteiger partial charge on any atom is -0.381 e. The summed E-state index contributed by atoms with van der Waals surface area (Å²) in [5.41, 5.74) is 0.798. The molecule has 1 saturated carbocycles. The number of amides is 1. The second kappa shape index (κ2) is 5.81. The summed E-state index contributed by atoms with van der Waals surface area (Å²) in [5, 5.41) is 8.26. The van der Waals surface area contributed by atoms with Crippen molar-refractivity contribution in [2.24, 2.45) is 5.92 Å². The van der Waals surface area contributed by atoms with E-state index in [1.807, 2.05) is 35.8 Å². The number of fused-ring (bicyclic) bond motifs is 1. The third-order valence-corrected chi connectivity index (χ3v) is 4.28. The Kier molecular flexibility index (Phi) is 3.88. The van der Waals surface area contributed by atoms with E-state index in [9.17, 15) is 4.79 Å². The number of hydrogen-bond acceptors (Lipinski definition) is 4. The minimum atomic E-state index is 0.134. The van der Waals surface area contributed by atoms with Crippen molar-refractivity contribution in [1.29, 1.82) is 0 Å². The molecule has 1 aliphatic carbocycles. The van der Waals surface area contributed by atoms with E-state index in [0.717, 1.165) is 24.3 Å². The molecule has 6 heteroatoms. The zero-order valence-electron chi connectivity index (χ0n) is 12.4. The molecule has 0 aliphatic heterocycles. The standard InChI is InChI=1S/C15H20N4O2/c1-18(15(20)9-11-6-7-12(11)21-2)10-14-17-16-13-5-3-4-8-19(13)14/h3-5,8,11-12H,6-7,9-10H2,1-2H3. The summed E-state index contributed by atoms with van der Waals surface area (Å²) in [6.45, 7) is 0.467. The lowest BCUT2D eigenvalue weighted by Crippen LogP contribution is -2.38. The first-order chi connectivity index (χ1) is 10.2. The van der Waals surface area contributed by atoms with E-state index in [1.165, 1.54) is 0 Å². The Bertz CT molecular complexity index is 637. The summed E-state index contributed by atoms with van der Waals surface area (Å²) in [6, 6.07) is 5.75. The second-order valence-electron chi connectivity index (χ2n) is 5.61. The molecule has 1 amide bonds. The number of carbonyl (C=O) groups excluding carboxylic acids is 1. The number of methoxy groups -OCH3 is 1. The van der Waals surface area contributed by atoms with Gasteiger partial charge in [-0.2, -0.15) is 0 Å². The normalized spacial score (nSPS) is 21.2. The Balaban J connectivity index is 1.63. The van der Waals surface area contributed by atoms with Crippen LogP contribution in [0.5, 0.6) is 0 Å². The fraction of sp³-hybridized carbons (Fsp3) is 0.533. The van der Waals surface area contributed by atoms with Gasteiger partial charge in [-0.25, -0.2) is 0 Å². The maximum Gasteiger partial charge on any atom is 0.223 e. The van der Waals surface area contributed by atoms with Gasteiger partial charge in [0.2, 0.25) is 5.91 Å². The average molecular weight is 288 g/mol. The molecule has 6 nitrogen and oxygen atoms in total. The lowest BCUT2D eigenvalue weighted by Gasteiger charge is -2.35. The molecule has 0 bridgehead atoms. The van der Waals surface area contributed by atoms with E-state index in [4.69, 9.17) is 4.74 Å². The van der Waals surface area contributed by atoms with Crippen molar-refractivity contribution in [3.8, 4) is 0 Å². The van der Waals surface area contributed by atoms with E-state index in [1.54, 1.807) is 12.0 Å². The molecule has 21 heavy (non-hydrogen) atoms. The van der Waals surface area contributed by atoms with E-state index in [2.05, 4.69) is 10.2 Å². The Hall–Kier alpha value is -1.95. The number of ether oxygens (including phenoxy) is 1. The smallest absolute Gasteiger partial charge is 0.223 e. The zero-order chi connectivity index (χ0) is 14.8. The lowest BCUT2D eigenvalue weighted by atomic mass is 9.79. The number of carbonyl (C=O) groups is 1. The van der Waals surface area contributed by atoms with Crippen LogP contribution in [0.2, 0.25) is 0 Å². The number of hydrogen-bond donors (Lipinski definition) is 0. The molecule has 2 atom stereocenters. The SMILES string of the molecule is COC1CCC1CC(=O)N(C)Cc1nnc2ccccn12. The molecule has 1 aliphatic rings. The van der Waals surface area contributed by atoms with Crippen molar-refractivity contribution in [3.05, 3.63) is 30.2 Å². The summed E-state index contributed by atoms with van der Waals surface area (Å²) in [7, 11) is 3.53. The summed E-state index contributed by atoms with van der Waals surface area (Å²) in [5.74, 6) is 1.27. The first-order valence-electron chi connectivity index (χ1n) is 7.24. The summed E-state index contributed by atoms with van der Waals surface area (Å²) in [4.78, 5) is 14.0. The van der Waals surface area contributed by atoms with Gasteiger partial charge in [0.05, 0.1) is 12.6 Å². The van der Waals surface area contributed by atoms with E-state index >= 15 is 0 Å². The maximum atomic E-state index is 12.3. The van der Waals surface area contributed by atoms with Crippen molar-refractivity contribution in [2.45, 2.75) is 31.9 Å². The second-order valence-corrected chi connectivity index (χ2v) is 5.61. The molecule has 0 spiro atoms.